The molecule has 1 atom stereocenters. The quantitative estimate of drug-likeness (QED) is 0.503. The maximum absolute atomic E-state index is 13.3. The van der Waals surface area contributed by atoms with Gasteiger partial charge in [-0.15, -0.1) is 0 Å². The summed E-state index contributed by atoms with van der Waals surface area (Å²) in [5.74, 6) is 1.87. The molecule has 34 heavy (non-hydrogen) atoms. The summed E-state index contributed by atoms with van der Waals surface area (Å²) in [6.07, 6.45) is 1.50. The number of ether oxygens (including phenoxy) is 2. The second-order valence-corrected chi connectivity index (χ2v) is 11.4. The Labute approximate surface area is 200 Å². The monoisotopic (exact) mass is 485 g/mol. The highest BCUT2D eigenvalue weighted by Crippen LogP contribution is 2.34. The van der Waals surface area contributed by atoms with Gasteiger partial charge in [0.1, 0.15) is 0 Å². The van der Waals surface area contributed by atoms with Crippen molar-refractivity contribution in [1.29, 1.82) is 0 Å². The number of methoxy groups -OCH3 is 2. The lowest BCUT2D eigenvalue weighted by atomic mass is 9.87. The first kappa shape index (κ1) is 24.2. The molecular formula is C25H31N3O5S. The summed E-state index contributed by atoms with van der Waals surface area (Å²) in [7, 11) is -0.473. The van der Waals surface area contributed by atoms with Crippen LogP contribution in [0.15, 0.2) is 51.9 Å². The first-order valence-electron chi connectivity index (χ1n) is 11.3. The van der Waals surface area contributed by atoms with Crippen LogP contribution in [0.3, 0.4) is 0 Å². The third kappa shape index (κ3) is 4.81. The van der Waals surface area contributed by atoms with Crippen molar-refractivity contribution in [3.05, 3.63) is 53.9 Å². The highest BCUT2D eigenvalue weighted by atomic mass is 32.2. The van der Waals surface area contributed by atoms with Crippen molar-refractivity contribution in [2.45, 2.75) is 49.8 Å². The Kier molecular flexibility index (Phi) is 6.69. The average Bonchev–Trinajstić information content (AvgIpc) is 3.33. The highest BCUT2D eigenvalue weighted by molar-refractivity contribution is 7.89. The van der Waals surface area contributed by atoms with E-state index in [0.29, 0.717) is 41.2 Å². The molecule has 4 rings (SSSR count). The fraction of sp³-hybridized carbons (Fsp3) is 0.440. The van der Waals surface area contributed by atoms with Crippen LogP contribution in [0.4, 0.5) is 0 Å². The molecule has 1 aliphatic rings. The lowest BCUT2D eigenvalue weighted by Gasteiger charge is -2.30. The minimum absolute atomic E-state index is 0.0396. The molecule has 3 aromatic rings. The minimum atomic E-state index is -3.61. The summed E-state index contributed by atoms with van der Waals surface area (Å²) >= 11 is 0. The number of benzene rings is 2. The van der Waals surface area contributed by atoms with Gasteiger partial charge in [0.15, 0.2) is 11.5 Å². The predicted molar refractivity (Wildman–Crippen MR) is 129 cm³/mol. The standard InChI is InChI=1S/C25H31N3O5S/c1-25(2,3)19-9-11-20(12-10-19)34(29,30)28-14-6-7-18(16-28)24-26-23(27-33-24)17-8-13-21(31-4)22(15-17)32-5/h8-13,15,18H,6-7,14,16H2,1-5H3/t18-/m0/s1. The predicted octanol–water partition coefficient (Wildman–Crippen LogP) is 4.62. The van der Waals surface area contributed by atoms with Gasteiger partial charge in [0.05, 0.1) is 25.0 Å². The van der Waals surface area contributed by atoms with E-state index in [-0.39, 0.29) is 11.3 Å². The van der Waals surface area contributed by atoms with E-state index in [1.165, 1.54) is 4.31 Å². The Morgan fingerprint density at radius 2 is 1.74 bits per heavy atom. The number of aromatic nitrogens is 2. The molecule has 1 aromatic heterocycles. The zero-order valence-corrected chi connectivity index (χ0v) is 21.1. The van der Waals surface area contributed by atoms with Crippen LogP contribution < -0.4 is 9.47 Å². The molecule has 1 fully saturated rings. The number of nitrogens with zero attached hydrogens (tertiary/aromatic N) is 3. The number of hydrogen-bond acceptors (Lipinski definition) is 7. The molecule has 0 saturated carbocycles. The van der Waals surface area contributed by atoms with E-state index in [4.69, 9.17) is 14.0 Å². The fourth-order valence-corrected chi connectivity index (χ4v) is 5.66. The first-order chi connectivity index (χ1) is 16.1. The van der Waals surface area contributed by atoms with Crippen LogP contribution in [0, 0.1) is 0 Å². The molecular weight excluding hydrogens is 454 g/mol. The molecule has 9 heteroatoms. The third-order valence-electron chi connectivity index (χ3n) is 6.17. The lowest BCUT2D eigenvalue weighted by Crippen LogP contribution is -2.39. The second-order valence-electron chi connectivity index (χ2n) is 9.50. The van der Waals surface area contributed by atoms with Gasteiger partial charge in [0.25, 0.3) is 0 Å². The van der Waals surface area contributed by atoms with Gasteiger partial charge in [-0.25, -0.2) is 8.42 Å². The maximum Gasteiger partial charge on any atom is 0.243 e. The number of rotatable bonds is 6. The summed E-state index contributed by atoms with van der Waals surface area (Å²) in [5.41, 5.74) is 1.78. The minimum Gasteiger partial charge on any atom is -0.493 e. The molecule has 0 unspecified atom stereocenters. The molecule has 0 spiro atoms. The van der Waals surface area contributed by atoms with Crippen molar-refractivity contribution in [3.8, 4) is 22.9 Å². The van der Waals surface area contributed by atoms with Gasteiger partial charge < -0.3 is 14.0 Å². The van der Waals surface area contributed by atoms with E-state index < -0.39 is 10.0 Å². The van der Waals surface area contributed by atoms with E-state index in [2.05, 4.69) is 30.9 Å². The summed E-state index contributed by atoms with van der Waals surface area (Å²) in [4.78, 5) is 4.87. The number of piperidine rings is 1. The van der Waals surface area contributed by atoms with E-state index in [1.807, 2.05) is 18.2 Å². The van der Waals surface area contributed by atoms with Crippen LogP contribution in [0.1, 0.15) is 51.0 Å². The summed E-state index contributed by atoms with van der Waals surface area (Å²) < 4.78 is 44.3. The second kappa shape index (κ2) is 9.38. The number of hydrogen-bond donors (Lipinski definition) is 0. The van der Waals surface area contributed by atoms with Crippen LogP contribution in [0.5, 0.6) is 11.5 Å². The van der Waals surface area contributed by atoms with Crippen molar-refractivity contribution in [1.82, 2.24) is 14.4 Å². The Bertz CT molecular complexity index is 1250. The van der Waals surface area contributed by atoms with Crippen molar-refractivity contribution in [2.24, 2.45) is 0 Å². The van der Waals surface area contributed by atoms with Gasteiger partial charge >= 0.3 is 0 Å². The van der Waals surface area contributed by atoms with Crippen LogP contribution in [-0.4, -0.2) is 50.2 Å². The molecule has 2 aromatic carbocycles. The molecule has 2 heterocycles. The molecule has 8 nitrogen and oxygen atoms in total. The van der Waals surface area contributed by atoms with Crippen molar-refractivity contribution < 1.29 is 22.4 Å². The maximum atomic E-state index is 13.3. The van der Waals surface area contributed by atoms with Crippen LogP contribution in [-0.2, 0) is 15.4 Å². The Morgan fingerprint density at radius 3 is 2.38 bits per heavy atom. The average molecular weight is 486 g/mol. The normalized spacial score (nSPS) is 17.5. The summed E-state index contributed by atoms with van der Waals surface area (Å²) in [5, 5.41) is 4.12. The zero-order valence-electron chi connectivity index (χ0n) is 20.2. The Balaban J connectivity index is 1.53. The van der Waals surface area contributed by atoms with E-state index in [1.54, 1.807) is 38.5 Å². The van der Waals surface area contributed by atoms with Gasteiger partial charge in [-0.3, -0.25) is 0 Å². The van der Waals surface area contributed by atoms with E-state index in [0.717, 1.165) is 24.0 Å². The fourth-order valence-electron chi connectivity index (χ4n) is 4.13. The van der Waals surface area contributed by atoms with Crippen LogP contribution in [0.2, 0.25) is 0 Å². The van der Waals surface area contributed by atoms with E-state index >= 15 is 0 Å². The van der Waals surface area contributed by atoms with Crippen molar-refractivity contribution in [3.63, 3.8) is 0 Å². The molecule has 0 amide bonds. The topological polar surface area (TPSA) is 94.8 Å². The van der Waals surface area contributed by atoms with Gasteiger partial charge in [0, 0.05) is 18.7 Å². The molecule has 1 aliphatic heterocycles. The summed E-state index contributed by atoms with van der Waals surface area (Å²) in [6.45, 7) is 7.08. The zero-order chi connectivity index (χ0) is 24.5. The van der Waals surface area contributed by atoms with Gasteiger partial charge in [-0.1, -0.05) is 38.1 Å². The van der Waals surface area contributed by atoms with Gasteiger partial charge in [-0.05, 0) is 54.2 Å². The Morgan fingerprint density at radius 1 is 1.03 bits per heavy atom. The smallest absolute Gasteiger partial charge is 0.243 e. The molecule has 182 valence electrons. The molecule has 0 bridgehead atoms. The first-order valence-corrected chi connectivity index (χ1v) is 12.7. The molecule has 0 radical (unpaired) electrons. The molecule has 1 saturated heterocycles. The van der Waals surface area contributed by atoms with Crippen molar-refractivity contribution in [2.75, 3.05) is 27.3 Å². The van der Waals surface area contributed by atoms with Crippen molar-refractivity contribution >= 4 is 10.0 Å². The largest absolute Gasteiger partial charge is 0.493 e. The van der Waals surface area contributed by atoms with E-state index in [9.17, 15) is 8.42 Å². The number of sulfonamides is 1. The third-order valence-corrected chi connectivity index (χ3v) is 8.05. The highest BCUT2D eigenvalue weighted by Gasteiger charge is 2.33. The Hall–Kier alpha value is -2.91. The summed E-state index contributed by atoms with van der Waals surface area (Å²) in [6, 6.07) is 12.6. The molecule has 0 N–H and O–H groups in total. The lowest BCUT2D eigenvalue weighted by molar-refractivity contribution is 0.265. The van der Waals surface area contributed by atoms with Gasteiger partial charge in [0.2, 0.25) is 21.7 Å². The van der Waals surface area contributed by atoms with Gasteiger partial charge in [-0.2, -0.15) is 9.29 Å². The SMILES string of the molecule is COc1ccc(-c2noc([C@H]3CCCN(S(=O)(=O)c4ccc(C(C)(C)C)cc4)C3)n2)cc1OC. The van der Waals surface area contributed by atoms with Crippen LogP contribution >= 0.6 is 0 Å². The van der Waals surface area contributed by atoms with Crippen LogP contribution in [0.25, 0.3) is 11.4 Å². The molecule has 0 aliphatic carbocycles.